The number of aromatic nitrogens is 2. The van der Waals surface area contributed by atoms with Crippen LogP contribution in [-0.2, 0) is 31.9 Å². The fourth-order valence-corrected chi connectivity index (χ4v) is 5.99. The van der Waals surface area contributed by atoms with E-state index >= 15 is 0 Å². The lowest BCUT2D eigenvalue weighted by atomic mass is 9.89. The van der Waals surface area contributed by atoms with Gasteiger partial charge in [-0.25, -0.2) is 0 Å². The molecule has 0 amide bonds. The smallest absolute Gasteiger partial charge is 0.259 e. The molecule has 4 N–H and O–H groups in total. The lowest BCUT2D eigenvalue weighted by Crippen LogP contribution is -2.59. The average molecular weight is 495 g/mol. The van der Waals surface area contributed by atoms with Gasteiger partial charge in [-0.3, -0.25) is 4.79 Å². The Morgan fingerprint density at radius 3 is 2.75 bits per heavy atom. The normalized spacial score (nSPS) is 34.8. The van der Waals surface area contributed by atoms with Crippen molar-refractivity contribution in [2.24, 2.45) is 0 Å². The van der Waals surface area contributed by atoms with Crippen LogP contribution in [0.25, 0.3) is 22.3 Å². The second-order valence-corrected chi connectivity index (χ2v) is 9.67. The molecule has 0 aliphatic carbocycles. The van der Waals surface area contributed by atoms with Crippen LogP contribution in [0.3, 0.4) is 0 Å². The maximum atomic E-state index is 13.9. The van der Waals surface area contributed by atoms with Crippen LogP contribution in [0.1, 0.15) is 28.9 Å². The third kappa shape index (κ3) is 3.00. The van der Waals surface area contributed by atoms with Crippen molar-refractivity contribution in [3.05, 3.63) is 70.0 Å². The summed E-state index contributed by atoms with van der Waals surface area (Å²) in [5.41, 5.74) is 4.59. The van der Waals surface area contributed by atoms with E-state index in [2.05, 4.69) is 17.6 Å². The van der Waals surface area contributed by atoms with Crippen LogP contribution in [0.2, 0.25) is 0 Å². The maximum Gasteiger partial charge on any atom is 0.259 e. The highest BCUT2D eigenvalue weighted by Crippen LogP contribution is 2.45. The minimum Gasteiger partial charge on any atom is -0.394 e. The van der Waals surface area contributed by atoms with Crippen molar-refractivity contribution in [2.75, 3.05) is 6.61 Å². The molecule has 4 aliphatic rings. The van der Waals surface area contributed by atoms with E-state index in [-0.39, 0.29) is 5.56 Å². The van der Waals surface area contributed by atoms with E-state index < -0.39 is 55.8 Å². The molecule has 10 nitrogen and oxygen atoms in total. The maximum absolute atomic E-state index is 13.9. The first-order valence-corrected chi connectivity index (χ1v) is 12.1. The molecule has 2 fully saturated rings. The number of nitrogens with zero attached hydrogens (tertiary/aromatic N) is 1. The SMILES string of the molecule is C=CC1c2cc3n(c(=O)c2C2OC1OC1OC(CO)C(O)C(O)C1O2)CCc1c-3[nH]c2ccccc12. The van der Waals surface area contributed by atoms with Gasteiger partial charge in [0.05, 0.1) is 29.5 Å². The molecule has 2 aromatic heterocycles. The molecule has 8 atom stereocenters. The van der Waals surface area contributed by atoms with Crippen LogP contribution in [-0.4, -0.2) is 68.5 Å². The van der Waals surface area contributed by atoms with Gasteiger partial charge in [0.2, 0.25) is 0 Å². The highest BCUT2D eigenvalue weighted by molar-refractivity contribution is 5.90. The number of ether oxygens (including phenoxy) is 4. The number of aliphatic hydroxyl groups is 3. The Hall–Kier alpha value is -2.83. The highest BCUT2D eigenvalue weighted by atomic mass is 16.8. The summed E-state index contributed by atoms with van der Waals surface area (Å²) in [6, 6.07) is 10.0. The minimum absolute atomic E-state index is 0.249. The number of pyridine rings is 1. The van der Waals surface area contributed by atoms with E-state index in [0.29, 0.717) is 24.1 Å². The largest absolute Gasteiger partial charge is 0.394 e. The number of fused-ring (bicyclic) bond motifs is 10. The summed E-state index contributed by atoms with van der Waals surface area (Å²) in [5.74, 6) is -0.521. The van der Waals surface area contributed by atoms with E-state index in [1.54, 1.807) is 10.6 Å². The van der Waals surface area contributed by atoms with Gasteiger partial charge in [-0.1, -0.05) is 24.3 Å². The lowest BCUT2D eigenvalue weighted by molar-refractivity contribution is -0.313. The number of para-hydroxylation sites is 1. The molecule has 0 saturated carbocycles. The molecular formula is C26H26N2O8. The Bertz CT molecular complexity index is 1430. The van der Waals surface area contributed by atoms with Crippen LogP contribution in [0.5, 0.6) is 0 Å². The topological polar surface area (TPSA) is 135 Å². The molecule has 10 heteroatoms. The number of nitrogens with one attached hydrogen (secondary N) is 1. The lowest BCUT2D eigenvalue weighted by Gasteiger charge is -2.40. The first-order valence-electron chi connectivity index (χ1n) is 12.1. The van der Waals surface area contributed by atoms with Crippen LogP contribution < -0.4 is 5.56 Å². The number of aromatic amines is 1. The molecule has 4 aliphatic heterocycles. The Morgan fingerprint density at radius 2 is 1.94 bits per heavy atom. The van der Waals surface area contributed by atoms with Crippen molar-refractivity contribution in [1.82, 2.24) is 9.55 Å². The Balaban J connectivity index is 1.38. The number of hydrogen-bond donors (Lipinski definition) is 4. The zero-order chi connectivity index (χ0) is 24.7. The summed E-state index contributed by atoms with van der Waals surface area (Å²) < 4.78 is 25.6. The van der Waals surface area contributed by atoms with Gasteiger partial charge in [0.25, 0.3) is 5.56 Å². The molecular weight excluding hydrogens is 468 g/mol. The summed E-state index contributed by atoms with van der Waals surface area (Å²) in [5, 5.41) is 31.8. The van der Waals surface area contributed by atoms with Crippen molar-refractivity contribution in [1.29, 1.82) is 0 Å². The van der Waals surface area contributed by atoms with Crippen LogP contribution in [0.15, 0.2) is 47.8 Å². The van der Waals surface area contributed by atoms with Gasteiger partial charge in [0.15, 0.2) is 18.9 Å². The number of rotatable bonds is 2. The molecule has 7 rings (SSSR count). The van der Waals surface area contributed by atoms with Gasteiger partial charge in [0, 0.05) is 17.4 Å². The van der Waals surface area contributed by atoms with Crippen LogP contribution in [0.4, 0.5) is 0 Å². The number of H-pyrrole nitrogens is 1. The summed E-state index contributed by atoms with van der Waals surface area (Å²) in [4.78, 5) is 17.4. The standard InChI is InChI=1S/C26H26N2O8/c1-2-11-14-9-16-19-13(12-5-3-4-6-15(12)27-19)7-8-28(16)23(32)18(14)25-34-22-21(31)20(30)17(10-29)33-26(22)36-24(11)35-25/h2-6,9,11,17,20-22,24-27,29-31H,1,7-8,10H2. The second-order valence-electron chi connectivity index (χ2n) is 9.67. The van der Waals surface area contributed by atoms with E-state index in [1.807, 2.05) is 24.3 Å². The molecule has 6 heterocycles. The van der Waals surface area contributed by atoms with Gasteiger partial charge in [-0.2, -0.15) is 0 Å². The predicted octanol–water partition coefficient (Wildman–Crippen LogP) is 1.03. The number of benzene rings is 1. The zero-order valence-corrected chi connectivity index (χ0v) is 19.2. The molecule has 188 valence electrons. The summed E-state index contributed by atoms with van der Waals surface area (Å²) in [6.07, 6.45) is -5.80. The summed E-state index contributed by atoms with van der Waals surface area (Å²) in [7, 11) is 0. The first-order chi connectivity index (χ1) is 17.5. The van der Waals surface area contributed by atoms with E-state index in [0.717, 1.165) is 22.3 Å². The zero-order valence-electron chi connectivity index (χ0n) is 19.2. The Kier molecular flexibility index (Phi) is 5.03. The number of hydrogen-bond acceptors (Lipinski definition) is 8. The quantitative estimate of drug-likeness (QED) is 0.388. The van der Waals surface area contributed by atoms with Crippen LogP contribution >= 0.6 is 0 Å². The average Bonchev–Trinajstić information content (AvgIpc) is 3.19. The minimum atomic E-state index is -1.41. The highest BCUT2D eigenvalue weighted by Gasteiger charge is 2.53. The van der Waals surface area contributed by atoms with Gasteiger partial charge < -0.3 is 43.8 Å². The predicted molar refractivity (Wildman–Crippen MR) is 126 cm³/mol. The van der Waals surface area contributed by atoms with Gasteiger partial charge >= 0.3 is 0 Å². The third-order valence-electron chi connectivity index (χ3n) is 7.80. The molecule has 1 aromatic carbocycles. The van der Waals surface area contributed by atoms with E-state index in [1.165, 1.54) is 5.56 Å². The number of aliphatic hydroxyl groups excluding tert-OH is 3. The van der Waals surface area contributed by atoms with Gasteiger partial charge in [-0.05, 0) is 29.7 Å². The van der Waals surface area contributed by atoms with Crippen molar-refractivity contribution < 1.29 is 34.3 Å². The first kappa shape index (κ1) is 22.4. The van der Waals surface area contributed by atoms with Crippen molar-refractivity contribution in [3.63, 3.8) is 0 Å². The van der Waals surface area contributed by atoms with Crippen LogP contribution in [0, 0.1) is 0 Å². The molecule has 0 spiro atoms. The van der Waals surface area contributed by atoms with E-state index in [9.17, 15) is 20.1 Å². The van der Waals surface area contributed by atoms with Crippen molar-refractivity contribution in [2.45, 2.75) is 62.2 Å². The summed E-state index contributed by atoms with van der Waals surface area (Å²) >= 11 is 0. The molecule has 36 heavy (non-hydrogen) atoms. The molecule has 3 aromatic rings. The Labute approximate surface area is 205 Å². The molecule has 0 radical (unpaired) electrons. The number of aryl methyl sites for hydroxylation is 1. The Morgan fingerprint density at radius 1 is 1.11 bits per heavy atom. The molecule has 8 unspecified atom stereocenters. The second kappa shape index (κ2) is 8.09. The fourth-order valence-electron chi connectivity index (χ4n) is 5.99. The fraction of sp³-hybridized carbons (Fsp3) is 0.423. The molecule has 2 bridgehead atoms. The monoisotopic (exact) mass is 494 g/mol. The molecule has 2 saturated heterocycles. The van der Waals surface area contributed by atoms with Crippen molar-refractivity contribution in [3.8, 4) is 11.4 Å². The third-order valence-corrected chi connectivity index (χ3v) is 7.80. The summed E-state index contributed by atoms with van der Waals surface area (Å²) in [6.45, 7) is 3.94. The van der Waals surface area contributed by atoms with Crippen molar-refractivity contribution >= 4 is 10.9 Å². The van der Waals surface area contributed by atoms with Gasteiger partial charge in [-0.15, -0.1) is 6.58 Å². The van der Waals surface area contributed by atoms with Gasteiger partial charge in [0.1, 0.15) is 24.4 Å². The van der Waals surface area contributed by atoms with E-state index in [4.69, 9.17) is 18.9 Å².